The zero-order valence-electron chi connectivity index (χ0n) is 15.5. The standard InChI is InChI=1S/C20H24N4O2/c1-14-5-7-16(8-6-14)13-24-19-18(12-22-24)17(11-15(2)23-19)20(25)21-9-4-10-26-3/h5-8,11-12H,4,9-10,13H2,1-3H3,(H,21,25). The Balaban J connectivity index is 1.86. The number of ether oxygens (including phenoxy) is 1. The molecule has 1 aromatic carbocycles. The fraction of sp³-hybridized carbons (Fsp3) is 0.350. The molecule has 6 heteroatoms. The Bertz CT molecular complexity index is 900. The van der Waals surface area contributed by atoms with Crippen molar-refractivity contribution in [3.8, 4) is 0 Å². The van der Waals surface area contributed by atoms with Gasteiger partial charge >= 0.3 is 0 Å². The second-order valence-electron chi connectivity index (χ2n) is 6.44. The number of hydrogen-bond donors (Lipinski definition) is 1. The van der Waals surface area contributed by atoms with Crippen molar-refractivity contribution in [3.05, 3.63) is 58.9 Å². The van der Waals surface area contributed by atoms with Gasteiger partial charge in [-0.2, -0.15) is 5.10 Å². The number of rotatable bonds is 7. The number of aromatic nitrogens is 3. The molecular weight excluding hydrogens is 328 g/mol. The van der Waals surface area contributed by atoms with E-state index in [1.54, 1.807) is 13.3 Å². The predicted octanol–water partition coefficient (Wildman–Crippen LogP) is 2.86. The summed E-state index contributed by atoms with van der Waals surface area (Å²) in [5.41, 5.74) is 4.51. The lowest BCUT2D eigenvalue weighted by Crippen LogP contribution is -2.25. The number of aryl methyl sites for hydroxylation is 2. The summed E-state index contributed by atoms with van der Waals surface area (Å²) in [6, 6.07) is 10.1. The first-order valence-corrected chi connectivity index (χ1v) is 8.74. The van der Waals surface area contributed by atoms with Crippen molar-refractivity contribution in [2.24, 2.45) is 0 Å². The molecule has 0 fully saturated rings. The van der Waals surface area contributed by atoms with E-state index >= 15 is 0 Å². The monoisotopic (exact) mass is 352 g/mol. The van der Waals surface area contributed by atoms with Crippen LogP contribution in [0.15, 0.2) is 36.5 Å². The molecule has 26 heavy (non-hydrogen) atoms. The van der Waals surface area contributed by atoms with Crippen molar-refractivity contribution in [3.63, 3.8) is 0 Å². The zero-order chi connectivity index (χ0) is 18.5. The topological polar surface area (TPSA) is 69.0 Å². The van der Waals surface area contributed by atoms with Crippen LogP contribution in [0.1, 0.15) is 33.6 Å². The number of carbonyl (C=O) groups excluding carboxylic acids is 1. The second kappa shape index (κ2) is 8.10. The number of nitrogens with zero attached hydrogens (tertiary/aromatic N) is 3. The van der Waals surface area contributed by atoms with Crippen LogP contribution in [-0.2, 0) is 11.3 Å². The van der Waals surface area contributed by atoms with Crippen molar-refractivity contribution in [2.75, 3.05) is 20.3 Å². The van der Waals surface area contributed by atoms with Gasteiger partial charge in [-0.3, -0.25) is 4.79 Å². The maximum atomic E-state index is 12.6. The SMILES string of the molecule is COCCCNC(=O)c1cc(C)nc2c1cnn2Cc1ccc(C)cc1. The molecule has 0 spiro atoms. The maximum Gasteiger partial charge on any atom is 0.252 e. The van der Waals surface area contributed by atoms with Gasteiger partial charge in [0.2, 0.25) is 0 Å². The van der Waals surface area contributed by atoms with E-state index in [-0.39, 0.29) is 5.91 Å². The first kappa shape index (κ1) is 18.1. The first-order valence-electron chi connectivity index (χ1n) is 8.74. The molecule has 136 valence electrons. The summed E-state index contributed by atoms with van der Waals surface area (Å²) in [5, 5.41) is 8.17. The molecule has 0 saturated heterocycles. The molecule has 0 bridgehead atoms. The summed E-state index contributed by atoms with van der Waals surface area (Å²) in [6.07, 6.45) is 2.50. The Morgan fingerprint density at radius 3 is 2.73 bits per heavy atom. The fourth-order valence-corrected chi connectivity index (χ4v) is 2.86. The van der Waals surface area contributed by atoms with Crippen LogP contribution in [0.3, 0.4) is 0 Å². The van der Waals surface area contributed by atoms with Gasteiger partial charge in [-0.25, -0.2) is 9.67 Å². The third-order valence-electron chi connectivity index (χ3n) is 4.25. The average molecular weight is 352 g/mol. The first-order chi connectivity index (χ1) is 12.6. The molecule has 0 aliphatic rings. The number of amides is 1. The summed E-state index contributed by atoms with van der Waals surface area (Å²) >= 11 is 0. The van der Waals surface area contributed by atoms with Gasteiger partial charge in [0.15, 0.2) is 5.65 Å². The molecule has 0 aliphatic heterocycles. The Labute approximate surface area is 153 Å². The van der Waals surface area contributed by atoms with E-state index in [2.05, 4.69) is 46.6 Å². The van der Waals surface area contributed by atoms with Crippen molar-refractivity contribution in [1.82, 2.24) is 20.1 Å². The number of hydrogen-bond acceptors (Lipinski definition) is 4. The van der Waals surface area contributed by atoms with E-state index in [1.807, 2.05) is 17.7 Å². The highest BCUT2D eigenvalue weighted by Crippen LogP contribution is 2.19. The molecule has 3 rings (SSSR count). The van der Waals surface area contributed by atoms with Gasteiger partial charge in [-0.15, -0.1) is 0 Å². The number of methoxy groups -OCH3 is 1. The smallest absolute Gasteiger partial charge is 0.252 e. The van der Waals surface area contributed by atoms with Crippen LogP contribution < -0.4 is 5.32 Å². The third kappa shape index (κ3) is 4.08. The fourth-order valence-electron chi connectivity index (χ4n) is 2.86. The van der Waals surface area contributed by atoms with Crippen LogP contribution >= 0.6 is 0 Å². The molecular formula is C20H24N4O2. The molecule has 0 unspecified atom stereocenters. The minimum atomic E-state index is -0.105. The van der Waals surface area contributed by atoms with Crippen LogP contribution in [0.4, 0.5) is 0 Å². The van der Waals surface area contributed by atoms with Crippen LogP contribution in [0.5, 0.6) is 0 Å². The number of nitrogens with one attached hydrogen (secondary N) is 1. The summed E-state index contributed by atoms with van der Waals surface area (Å²) < 4.78 is 6.85. The molecule has 1 N–H and O–H groups in total. The van der Waals surface area contributed by atoms with Gasteiger partial charge in [0.25, 0.3) is 5.91 Å². The van der Waals surface area contributed by atoms with Gasteiger partial charge in [0.1, 0.15) is 0 Å². The number of pyridine rings is 1. The summed E-state index contributed by atoms with van der Waals surface area (Å²) in [6.45, 7) is 5.78. The molecule has 2 heterocycles. The van der Waals surface area contributed by atoms with Crippen molar-refractivity contribution in [1.29, 1.82) is 0 Å². The lowest BCUT2D eigenvalue weighted by Gasteiger charge is -2.08. The lowest BCUT2D eigenvalue weighted by atomic mass is 10.1. The number of carbonyl (C=O) groups is 1. The molecule has 0 aliphatic carbocycles. The lowest BCUT2D eigenvalue weighted by molar-refractivity contribution is 0.0950. The molecule has 0 atom stereocenters. The van der Waals surface area contributed by atoms with Gasteiger partial charge < -0.3 is 10.1 Å². The van der Waals surface area contributed by atoms with Crippen LogP contribution in [0.25, 0.3) is 11.0 Å². The summed E-state index contributed by atoms with van der Waals surface area (Å²) in [7, 11) is 1.65. The van der Waals surface area contributed by atoms with E-state index in [9.17, 15) is 4.79 Å². The summed E-state index contributed by atoms with van der Waals surface area (Å²) in [4.78, 5) is 17.2. The molecule has 1 amide bonds. The zero-order valence-corrected chi connectivity index (χ0v) is 15.5. The summed E-state index contributed by atoms with van der Waals surface area (Å²) in [5.74, 6) is -0.105. The highest BCUT2D eigenvalue weighted by Gasteiger charge is 2.15. The Morgan fingerprint density at radius 1 is 1.23 bits per heavy atom. The molecule has 6 nitrogen and oxygen atoms in total. The van der Waals surface area contributed by atoms with E-state index in [4.69, 9.17) is 4.74 Å². The van der Waals surface area contributed by atoms with E-state index < -0.39 is 0 Å². The number of benzene rings is 1. The van der Waals surface area contributed by atoms with Gasteiger partial charge in [0, 0.05) is 26.0 Å². The quantitative estimate of drug-likeness (QED) is 0.664. The average Bonchev–Trinajstić information content (AvgIpc) is 3.02. The molecule has 2 aromatic heterocycles. The van der Waals surface area contributed by atoms with Crippen LogP contribution in [-0.4, -0.2) is 40.9 Å². The number of fused-ring (bicyclic) bond motifs is 1. The van der Waals surface area contributed by atoms with Crippen molar-refractivity contribution < 1.29 is 9.53 Å². The van der Waals surface area contributed by atoms with E-state index in [0.29, 0.717) is 25.3 Å². The largest absolute Gasteiger partial charge is 0.385 e. The minimum absolute atomic E-state index is 0.105. The highest BCUT2D eigenvalue weighted by molar-refractivity contribution is 6.05. The molecule has 0 radical (unpaired) electrons. The van der Waals surface area contributed by atoms with Gasteiger partial charge in [0.05, 0.1) is 23.7 Å². The second-order valence-corrected chi connectivity index (χ2v) is 6.44. The highest BCUT2D eigenvalue weighted by atomic mass is 16.5. The van der Waals surface area contributed by atoms with Crippen LogP contribution in [0.2, 0.25) is 0 Å². The third-order valence-corrected chi connectivity index (χ3v) is 4.25. The Morgan fingerprint density at radius 2 is 2.00 bits per heavy atom. The maximum absolute atomic E-state index is 12.6. The minimum Gasteiger partial charge on any atom is -0.385 e. The Hall–Kier alpha value is -2.73. The van der Waals surface area contributed by atoms with Crippen LogP contribution in [0, 0.1) is 13.8 Å². The van der Waals surface area contributed by atoms with Crippen molar-refractivity contribution >= 4 is 16.9 Å². The van der Waals surface area contributed by atoms with Gasteiger partial charge in [-0.05, 0) is 31.9 Å². The molecule has 0 saturated carbocycles. The van der Waals surface area contributed by atoms with E-state index in [0.717, 1.165) is 28.7 Å². The van der Waals surface area contributed by atoms with Gasteiger partial charge in [-0.1, -0.05) is 29.8 Å². The molecule has 3 aromatic rings. The Kier molecular flexibility index (Phi) is 5.63. The normalized spacial score (nSPS) is 11.0. The predicted molar refractivity (Wildman–Crippen MR) is 101 cm³/mol. The van der Waals surface area contributed by atoms with Crippen molar-refractivity contribution in [2.45, 2.75) is 26.8 Å². The van der Waals surface area contributed by atoms with E-state index in [1.165, 1.54) is 5.56 Å².